The van der Waals surface area contributed by atoms with Gasteiger partial charge in [-0.25, -0.2) is 8.42 Å². The number of hydrogen-bond donors (Lipinski definition) is 1. The van der Waals surface area contributed by atoms with E-state index in [1.165, 1.54) is 4.31 Å². The summed E-state index contributed by atoms with van der Waals surface area (Å²) in [5.74, 6) is -0.573. The molecule has 2 heterocycles. The third kappa shape index (κ3) is 7.03. The van der Waals surface area contributed by atoms with Crippen molar-refractivity contribution in [2.45, 2.75) is 63.8 Å². The van der Waals surface area contributed by atoms with Gasteiger partial charge in [0.2, 0.25) is 10.0 Å². The Bertz CT molecular complexity index is 962. The summed E-state index contributed by atoms with van der Waals surface area (Å²) < 4.78 is 33.1. The number of benzene rings is 1. The number of hydrogen-bond acceptors (Lipinski definition) is 6. The highest BCUT2D eigenvalue weighted by Gasteiger charge is 2.37. The molecule has 1 fully saturated rings. The van der Waals surface area contributed by atoms with Crippen LogP contribution in [0.3, 0.4) is 0 Å². The summed E-state index contributed by atoms with van der Waals surface area (Å²) in [6.45, 7) is 4.72. The van der Waals surface area contributed by atoms with Gasteiger partial charge in [-0.05, 0) is 75.3 Å². The topological polar surface area (TPSA) is 88.6 Å². The lowest BCUT2D eigenvalue weighted by molar-refractivity contribution is -0.149. The van der Waals surface area contributed by atoms with Crippen molar-refractivity contribution in [2.24, 2.45) is 0 Å². The van der Waals surface area contributed by atoms with Gasteiger partial charge in [-0.2, -0.15) is 4.31 Å². The van der Waals surface area contributed by atoms with Crippen LogP contribution in [0.25, 0.3) is 0 Å². The molecule has 0 spiro atoms. The standard InChI is InChI=1S/C24H33N3O4S/c1-19(2)26-22-12-10-21(11-13-22)18-32(29,30)27-15-4-3-9-23(27)24(28)31-16-6-8-20-7-5-14-25-17-20/h5,7,10-14,17,19,23,26H,3-4,6,8-9,15-16,18H2,1-2H3. The van der Waals surface area contributed by atoms with Crippen molar-refractivity contribution in [3.63, 3.8) is 0 Å². The first-order chi connectivity index (χ1) is 15.3. The molecule has 1 aromatic carbocycles. The minimum Gasteiger partial charge on any atom is -0.464 e. The fourth-order valence-corrected chi connectivity index (χ4v) is 5.65. The van der Waals surface area contributed by atoms with E-state index in [1.807, 2.05) is 50.2 Å². The fraction of sp³-hybridized carbons (Fsp3) is 0.500. The lowest BCUT2D eigenvalue weighted by Crippen LogP contribution is -2.49. The average Bonchev–Trinajstić information content (AvgIpc) is 2.78. The van der Waals surface area contributed by atoms with Crippen LogP contribution in [0.5, 0.6) is 0 Å². The lowest BCUT2D eigenvalue weighted by atomic mass is 10.1. The van der Waals surface area contributed by atoms with E-state index in [2.05, 4.69) is 10.3 Å². The number of aromatic nitrogens is 1. The number of anilines is 1. The zero-order chi connectivity index (χ0) is 23.0. The minimum atomic E-state index is -3.64. The van der Waals surface area contributed by atoms with E-state index in [-0.39, 0.29) is 12.4 Å². The van der Waals surface area contributed by atoms with Crippen LogP contribution in [0.2, 0.25) is 0 Å². The summed E-state index contributed by atoms with van der Waals surface area (Å²) in [5, 5.41) is 3.29. The van der Waals surface area contributed by atoms with E-state index in [4.69, 9.17) is 4.74 Å². The predicted molar refractivity (Wildman–Crippen MR) is 126 cm³/mol. The zero-order valence-electron chi connectivity index (χ0n) is 18.9. The average molecular weight is 460 g/mol. The number of aryl methyl sites for hydroxylation is 1. The van der Waals surface area contributed by atoms with Crippen molar-refractivity contribution >= 4 is 21.7 Å². The van der Waals surface area contributed by atoms with E-state index in [0.717, 1.165) is 30.5 Å². The van der Waals surface area contributed by atoms with Crippen molar-refractivity contribution in [1.29, 1.82) is 0 Å². The van der Waals surface area contributed by atoms with E-state index >= 15 is 0 Å². The number of pyridine rings is 1. The molecule has 1 saturated heterocycles. The molecule has 0 radical (unpaired) electrons. The van der Waals surface area contributed by atoms with Gasteiger partial charge in [-0.1, -0.05) is 18.2 Å². The Hall–Kier alpha value is -2.45. The molecule has 3 rings (SSSR count). The Morgan fingerprint density at radius 3 is 2.66 bits per heavy atom. The second-order valence-corrected chi connectivity index (χ2v) is 10.4. The van der Waals surface area contributed by atoms with Crippen LogP contribution in [0.1, 0.15) is 50.7 Å². The van der Waals surface area contributed by atoms with Gasteiger partial charge in [-0.15, -0.1) is 0 Å². The molecule has 1 N–H and O–H groups in total. The molecule has 1 aliphatic heterocycles. The number of sulfonamides is 1. The third-order valence-corrected chi connectivity index (χ3v) is 7.27. The Labute approximate surface area is 191 Å². The maximum absolute atomic E-state index is 13.1. The van der Waals surface area contributed by atoms with Crippen molar-refractivity contribution < 1.29 is 17.9 Å². The molecule has 0 bridgehead atoms. The van der Waals surface area contributed by atoms with Crippen LogP contribution in [0.15, 0.2) is 48.8 Å². The number of carbonyl (C=O) groups excluding carboxylic acids is 1. The van der Waals surface area contributed by atoms with E-state index < -0.39 is 22.0 Å². The summed E-state index contributed by atoms with van der Waals surface area (Å²) >= 11 is 0. The van der Waals surface area contributed by atoms with Gasteiger partial charge < -0.3 is 10.1 Å². The van der Waals surface area contributed by atoms with E-state index in [0.29, 0.717) is 31.0 Å². The molecule has 2 aromatic rings. The van der Waals surface area contributed by atoms with Crippen molar-refractivity contribution in [1.82, 2.24) is 9.29 Å². The molecule has 1 aliphatic rings. The number of piperidine rings is 1. The molecule has 8 heteroatoms. The number of ether oxygens (including phenoxy) is 1. The van der Waals surface area contributed by atoms with Gasteiger partial charge >= 0.3 is 5.97 Å². The normalized spacial score (nSPS) is 17.3. The maximum atomic E-state index is 13.1. The van der Waals surface area contributed by atoms with Crippen LogP contribution in [0, 0.1) is 0 Å². The van der Waals surface area contributed by atoms with Gasteiger partial charge in [-0.3, -0.25) is 9.78 Å². The van der Waals surface area contributed by atoms with E-state index in [1.54, 1.807) is 12.4 Å². The highest BCUT2D eigenvalue weighted by molar-refractivity contribution is 7.88. The first-order valence-electron chi connectivity index (χ1n) is 11.3. The zero-order valence-corrected chi connectivity index (χ0v) is 19.7. The first kappa shape index (κ1) is 24.2. The molecule has 174 valence electrons. The second-order valence-electron chi connectivity index (χ2n) is 8.51. The summed E-state index contributed by atoms with van der Waals surface area (Å²) in [7, 11) is -3.64. The Balaban J connectivity index is 1.57. The Morgan fingerprint density at radius 2 is 1.97 bits per heavy atom. The third-order valence-electron chi connectivity index (χ3n) is 5.42. The summed E-state index contributed by atoms with van der Waals surface area (Å²) in [6.07, 6.45) is 7.01. The van der Waals surface area contributed by atoms with Gasteiger partial charge in [0.05, 0.1) is 12.4 Å². The van der Waals surface area contributed by atoms with Crippen LogP contribution in [-0.4, -0.2) is 48.9 Å². The number of carbonyl (C=O) groups is 1. The van der Waals surface area contributed by atoms with Crippen molar-refractivity contribution in [3.05, 3.63) is 59.9 Å². The van der Waals surface area contributed by atoms with E-state index in [9.17, 15) is 13.2 Å². The first-order valence-corrected chi connectivity index (χ1v) is 12.9. The molecule has 0 saturated carbocycles. The smallest absolute Gasteiger partial charge is 0.324 e. The summed E-state index contributed by atoms with van der Waals surface area (Å²) in [6, 6.07) is 10.8. The summed E-state index contributed by atoms with van der Waals surface area (Å²) in [5.41, 5.74) is 2.74. The predicted octanol–water partition coefficient (Wildman–Crippen LogP) is 3.76. The molecule has 7 nitrogen and oxygen atoms in total. The lowest BCUT2D eigenvalue weighted by Gasteiger charge is -2.33. The highest BCUT2D eigenvalue weighted by atomic mass is 32.2. The second kappa shape index (κ2) is 11.4. The number of nitrogens with one attached hydrogen (secondary N) is 1. The molecule has 0 amide bonds. The maximum Gasteiger partial charge on any atom is 0.324 e. The molecule has 1 unspecified atom stereocenters. The summed E-state index contributed by atoms with van der Waals surface area (Å²) in [4.78, 5) is 16.8. The monoisotopic (exact) mass is 459 g/mol. The van der Waals surface area contributed by atoms with Crippen LogP contribution in [-0.2, 0) is 31.7 Å². The molecule has 0 aliphatic carbocycles. The van der Waals surface area contributed by atoms with Gasteiger partial charge in [0.25, 0.3) is 0 Å². The fourth-order valence-electron chi connectivity index (χ4n) is 3.89. The van der Waals surface area contributed by atoms with Gasteiger partial charge in [0.15, 0.2) is 0 Å². The Kier molecular flexibility index (Phi) is 8.64. The van der Waals surface area contributed by atoms with Crippen LogP contribution >= 0.6 is 0 Å². The molecule has 1 atom stereocenters. The quantitative estimate of drug-likeness (QED) is 0.430. The molecule has 1 aromatic heterocycles. The van der Waals surface area contributed by atoms with Gasteiger partial charge in [0, 0.05) is 30.7 Å². The molecular weight excluding hydrogens is 426 g/mol. The van der Waals surface area contributed by atoms with Gasteiger partial charge in [0.1, 0.15) is 6.04 Å². The highest BCUT2D eigenvalue weighted by Crippen LogP contribution is 2.24. The van der Waals surface area contributed by atoms with Crippen LogP contribution < -0.4 is 5.32 Å². The van der Waals surface area contributed by atoms with Crippen LogP contribution in [0.4, 0.5) is 5.69 Å². The van der Waals surface area contributed by atoms with Crippen molar-refractivity contribution in [2.75, 3.05) is 18.5 Å². The minimum absolute atomic E-state index is 0.125. The Morgan fingerprint density at radius 1 is 1.19 bits per heavy atom. The number of esters is 1. The molecular formula is C24H33N3O4S. The molecule has 32 heavy (non-hydrogen) atoms. The number of nitrogens with zero attached hydrogens (tertiary/aromatic N) is 2. The SMILES string of the molecule is CC(C)Nc1ccc(CS(=O)(=O)N2CCCCC2C(=O)OCCCc2cccnc2)cc1. The number of rotatable bonds is 10. The largest absolute Gasteiger partial charge is 0.464 e. The van der Waals surface area contributed by atoms with Crippen molar-refractivity contribution in [3.8, 4) is 0 Å².